The number of halogens is 1. The molecule has 6 heteroatoms. The highest BCUT2D eigenvalue weighted by molar-refractivity contribution is 14.0. The molecule has 1 aromatic carbocycles. The number of hydrogen-bond acceptors (Lipinski definition) is 3. The van der Waals surface area contributed by atoms with Crippen molar-refractivity contribution in [3.8, 4) is 0 Å². The van der Waals surface area contributed by atoms with Crippen LogP contribution in [0.3, 0.4) is 0 Å². The smallest absolute Gasteiger partial charge is 0.191 e. The zero-order valence-corrected chi connectivity index (χ0v) is 19.4. The van der Waals surface area contributed by atoms with E-state index in [1.807, 2.05) is 30.3 Å². The van der Waals surface area contributed by atoms with Crippen LogP contribution in [0, 0.1) is 11.3 Å². The Morgan fingerprint density at radius 1 is 1.26 bits per heavy atom. The second-order valence-electron chi connectivity index (χ2n) is 8.18. The fourth-order valence-corrected chi connectivity index (χ4v) is 3.69. The number of hydrogen-bond donors (Lipinski definition) is 3. The van der Waals surface area contributed by atoms with E-state index < -0.39 is 0 Å². The third-order valence-corrected chi connectivity index (χ3v) is 5.06. The van der Waals surface area contributed by atoms with E-state index in [1.54, 1.807) is 7.05 Å². The Morgan fingerprint density at radius 2 is 1.96 bits per heavy atom. The molecule has 27 heavy (non-hydrogen) atoms. The molecule has 0 aliphatic carbocycles. The van der Waals surface area contributed by atoms with Gasteiger partial charge in [-0.25, -0.2) is 0 Å². The molecule has 0 saturated carbocycles. The van der Waals surface area contributed by atoms with Gasteiger partial charge in [-0.15, -0.1) is 24.0 Å². The van der Waals surface area contributed by atoms with Crippen LogP contribution in [0.4, 0.5) is 0 Å². The van der Waals surface area contributed by atoms with Crippen molar-refractivity contribution < 1.29 is 9.84 Å². The number of aliphatic hydroxyl groups excluding tert-OH is 1. The predicted molar refractivity (Wildman–Crippen MR) is 123 cm³/mol. The third-order valence-electron chi connectivity index (χ3n) is 5.06. The molecule has 3 N–H and O–H groups in total. The van der Waals surface area contributed by atoms with Gasteiger partial charge >= 0.3 is 0 Å². The van der Waals surface area contributed by atoms with Crippen molar-refractivity contribution in [3.63, 3.8) is 0 Å². The van der Waals surface area contributed by atoms with Gasteiger partial charge < -0.3 is 20.5 Å². The molecular weight excluding hydrogens is 453 g/mol. The molecule has 3 unspecified atom stereocenters. The maximum Gasteiger partial charge on any atom is 0.191 e. The van der Waals surface area contributed by atoms with Crippen molar-refractivity contribution in [1.82, 2.24) is 10.6 Å². The lowest BCUT2D eigenvalue weighted by Crippen LogP contribution is -2.48. The van der Waals surface area contributed by atoms with Crippen LogP contribution < -0.4 is 10.6 Å². The lowest BCUT2D eigenvalue weighted by atomic mass is 9.78. The Balaban J connectivity index is 0.00000364. The highest BCUT2D eigenvalue weighted by atomic mass is 127. The molecule has 1 aromatic rings. The molecule has 0 aromatic heterocycles. The van der Waals surface area contributed by atoms with Gasteiger partial charge in [0.2, 0.25) is 0 Å². The summed E-state index contributed by atoms with van der Waals surface area (Å²) in [4.78, 5) is 4.33. The Kier molecular flexibility index (Phi) is 10.6. The molecule has 0 bridgehead atoms. The summed E-state index contributed by atoms with van der Waals surface area (Å²) in [6.07, 6.45) is 2.55. The summed E-state index contributed by atoms with van der Waals surface area (Å²) in [5.41, 5.74) is 1.27. The Bertz CT molecular complexity index is 560. The average Bonchev–Trinajstić information content (AvgIpc) is 2.65. The van der Waals surface area contributed by atoms with Crippen LogP contribution in [0.2, 0.25) is 0 Å². The highest BCUT2D eigenvalue weighted by Gasteiger charge is 2.35. The third kappa shape index (κ3) is 7.58. The second kappa shape index (κ2) is 11.9. The van der Waals surface area contributed by atoms with Crippen LogP contribution in [0.15, 0.2) is 35.3 Å². The zero-order valence-electron chi connectivity index (χ0n) is 17.1. The quantitative estimate of drug-likeness (QED) is 0.326. The molecule has 2 rings (SSSR count). The van der Waals surface area contributed by atoms with Crippen molar-refractivity contribution in [2.75, 3.05) is 33.4 Å². The van der Waals surface area contributed by atoms with Gasteiger partial charge in [-0.2, -0.15) is 0 Å². The first-order chi connectivity index (χ1) is 12.5. The number of benzene rings is 1. The lowest BCUT2D eigenvalue weighted by molar-refractivity contribution is -0.0835. The van der Waals surface area contributed by atoms with Gasteiger partial charge in [0.05, 0.1) is 12.7 Å². The molecule has 1 saturated heterocycles. The minimum Gasteiger partial charge on any atom is -0.396 e. The van der Waals surface area contributed by atoms with Crippen molar-refractivity contribution in [3.05, 3.63) is 35.9 Å². The van der Waals surface area contributed by atoms with Crippen LogP contribution in [-0.2, 0) is 4.74 Å². The molecule has 154 valence electrons. The summed E-state index contributed by atoms with van der Waals surface area (Å²) in [5.74, 6) is 1.30. The summed E-state index contributed by atoms with van der Waals surface area (Å²) in [7, 11) is 1.78. The maximum absolute atomic E-state index is 9.71. The first-order valence-electron chi connectivity index (χ1n) is 9.67. The summed E-state index contributed by atoms with van der Waals surface area (Å²) < 4.78 is 6.06. The van der Waals surface area contributed by atoms with Gasteiger partial charge in [-0.3, -0.25) is 4.99 Å². The molecule has 5 nitrogen and oxygen atoms in total. The van der Waals surface area contributed by atoms with E-state index in [0.717, 1.165) is 31.1 Å². The monoisotopic (exact) mass is 489 g/mol. The molecule has 3 atom stereocenters. The molecule has 1 aliphatic heterocycles. The minimum atomic E-state index is 0. The first kappa shape index (κ1) is 24.2. The van der Waals surface area contributed by atoms with E-state index in [-0.39, 0.29) is 48.0 Å². The predicted octanol–water partition coefficient (Wildman–Crippen LogP) is 3.39. The summed E-state index contributed by atoms with van der Waals surface area (Å²) in [6.45, 7) is 9.19. The maximum atomic E-state index is 9.71. The van der Waals surface area contributed by atoms with Gasteiger partial charge in [-0.05, 0) is 23.8 Å². The number of ether oxygens (including phenoxy) is 1. The highest BCUT2D eigenvalue weighted by Crippen LogP contribution is 2.33. The first-order valence-corrected chi connectivity index (χ1v) is 9.67. The van der Waals surface area contributed by atoms with Crippen LogP contribution in [0.5, 0.6) is 0 Å². The fraction of sp³-hybridized carbons (Fsp3) is 0.667. The summed E-state index contributed by atoms with van der Waals surface area (Å²) in [5, 5.41) is 16.5. The van der Waals surface area contributed by atoms with Gasteiger partial charge in [-0.1, -0.05) is 51.1 Å². The molecule has 1 aliphatic rings. The van der Waals surface area contributed by atoms with E-state index >= 15 is 0 Å². The molecule has 0 spiro atoms. The van der Waals surface area contributed by atoms with Crippen LogP contribution in [0.25, 0.3) is 0 Å². The second-order valence-corrected chi connectivity index (χ2v) is 8.18. The van der Waals surface area contributed by atoms with E-state index in [2.05, 4.69) is 36.4 Å². The van der Waals surface area contributed by atoms with Gasteiger partial charge in [0.15, 0.2) is 5.96 Å². The van der Waals surface area contributed by atoms with Gasteiger partial charge in [0.1, 0.15) is 0 Å². The van der Waals surface area contributed by atoms with Crippen molar-refractivity contribution >= 4 is 29.9 Å². The van der Waals surface area contributed by atoms with E-state index in [0.29, 0.717) is 12.5 Å². The van der Waals surface area contributed by atoms with Crippen molar-refractivity contribution in [1.29, 1.82) is 0 Å². The van der Waals surface area contributed by atoms with Gasteiger partial charge in [0, 0.05) is 38.6 Å². The lowest BCUT2D eigenvalue weighted by Gasteiger charge is -2.40. The Hall–Kier alpha value is -0.860. The van der Waals surface area contributed by atoms with Crippen LogP contribution in [0.1, 0.15) is 45.1 Å². The number of nitrogens with one attached hydrogen (secondary N) is 2. The Morgan fingerprint density at radius 3 is 2.56 bits per heavy atom. The van der Waals surface area contributed by atoms with Crippen LogP contribution >= 0.6 is 24.0 Å². The molecule has 1 heterocycles. The normalized spacial score (nSPS) is 21.9. The van der Waals surface area contributed by atoms with E-state index in [4.69, 9.17) is 4.74 Å². The van der Waals surface area contributed by atoms with Crippen molar-refractivity contribution in [2.45, 2.75) is 45.6 Å². The molecule has 0 radical (unpaired) electrons. The molecular formula is C21H36IN3O2. The number of aliphatic imine (C=N–C) groups is 1. The number of aliphatic hydroxyl groups is 1. The molecule has 0 amide bonds. The summed E-state index contributed by atoms with van der Waals surface area (Å²) in [6, 6.07) is 10.1. The number of guanidine groups is 1. The average molecular weight is 489 g/mol. The topological polar surface area (TPSA) is 65.9 Å². The SMILES string of the molecule is CN=C(NCC(CO)c1ccccc1)NCC1CCCOC1C(C)(C)C.I. The number of nitrogens with zero attached hydrogens (tertiary/aromatic N) is 1. The Labute approximate surface area is 181 Å². The van der Waals surface area contributed by atoms with Gasteiger partial charge in [0.25, 0.3) is 0 Å². The van der Waals surface area contributed by atoms with Crippen LogP contribution in [-0.4, -0.2) is 50.5 Å². The van der Waals surface area contributed by atoms with Crippen molar-refractivity contribution in [2.24, 2.45) is 16.3 Å². The molecule has 1 fully saturated rings. The minimum absolute atomic E-state index is 0. The fourth-order valence-electron chi connectivity index (χ4n) is 3.69. The largest absolute Gasteiger partial charge is 0.396 e. The summed E-state index contributed by atoms with van der Waals surface area (Å²) >= 11 is 0. The van der Waals surface area contributed by atoms with E-state index in [1.165, 1.54) is 6.42 Å². The number of rotatable bonds is 6. The standard InChI is InChI=1S/C21H35N3O2.HI/c1-21(2,3)19-17(11-8-12-26-19)13-23-20(22-4)24-14-18(15-25)16-9-6-5-7-10-16;/h5-7,9-10,17-19,25H,8,11-15H2,1-4H3,(H2,22,23,24);1H. The van der Waals surface area contributed by atoms with E-state index in [9.17, 15) is 5.11 Å². The zero-order chi connectivity index (χ0) is 19.0.